The molecule has 1 atom stereocenters. The van der Waals surface area contributed by atoms with Gasteiger partial charge in [-0.15, -0.1) is 6.58 Å². The Hall–Kier alpha value is -0.600. The lowest BCUT2D eigenvalue weighted by molar-refractivity contribution is 0.501. The Kier molecular flexibility index (Phi) is 6.43. The van der Waals surface area contributed by atoms with Crippen LogP contribution in [-0.2, 0) is 0 Å². The van der Waals surface area contributed by atoms with Gasteiger partial charge in [-0.2, -0.15) is 0 Å². The van der Waals surface area contributed by atoms with Gasteiger partial charge >= 0.3 is 0 Å². The fourth-order valence-electron chi connectivity index (χ4n) is 1.73. The molecule has 0 saturated heterocycles. The van der Waals surface area contributed by atoms with Crippen LogP contribution in [0, 0.1) is 0 Å². The van der Waals surface area contributed by atoms with Crippen LogP contribution >= 0.6 is 15.9 Å². The van der Waals surface area contributed by atoms with Gasteiger partial charge in [0.1, 0.15) is 0 Å². The van der Waals surface area contributed by atoms with Gasteiger partial charge in [-0.3, -0.25) is 0 Å². The van der Waals surface area contributed by atoms with Crippen molar-refractivity contribution < 1.29 is 0 Å². The summed E-state index contributed by atoms with van der Waals surface area (Å²) in [7, 11) is 0. The van der Waals surface area contributed by atoms with Gasteiger partial charge in [0.15, 0.2) is 0 Å². The van der Waals surface area contributed by atoms with Crippen molar-refractivity contribution in [3.8, 4) is 0 Å². The molecule has 0 saturated carbocycles. The summed E-state index contributed by atoms with van der Waals surface area (Å²) >= 11 is 3.61. The van der Waals surface area contributed by atoms with Gasteiger partial charge in [0, 0.05) is 10.5 Å². The minimum Gasteiger partial charge on any atom is -0.310 e. The van der Waals surface area contributed by atoms with E-state index in [0.29, 0.717) is 6.04 Å². The lowest BCUT2D eigenvalue weighted by Gasteiger charge is -2.19. The van der Waals surface area contributed by atoms with Crippen molar-refractivity contribution in [2.75, 3.05) is 6.54 Å². The number of benzene rings is 1. The van der Waals surface area contributed by atoms with E-state index in [0.717, 1.165) is 25.8 Å². The van der Waals surface area contributed by atoms with Crippen molar-refractivity contribution in [3.63, 3.8) is 0 Å². The van der Waals surface area contributed by atoms with Gasteiger partial charge in [0.2, 0.25) is 0 Å². The molecule has 0 bridgehead atoms. The molecule has 0 spiro atoms. The summed E-state index contributed by atoms with van der Waals surface area (Å²) in [5.74, 6) is 0. The second kappa shape index (κ2) is 7.64. The molecule has 0 aliphatic rings. The van der Waals surface area contributed by atoms with Crippen LogP contribution in [0.2, 0.25) is 0 Å². The maximum atomic E-state index is 3.79. The first kappa shape index (κ1) is 13.5. The van der Waals surface area contributed by atoms with Gasteiger partial charge in [0.05, 0.1) is 0 Å². The van der Waals surface area contributed by atoms with Crippen molar-refractivity contribution in [1.29, 1.82) is 0 Å². The monoisotopic (exact) mass is 281 g/mol. The molecule has 0 fully saturated rings. The van der Waals surface area contributed by atoms with Crippen LogP contribution in [0.25, 0.3) is 0 Å². The van der Waals surface area contributed by atoms with Gasteiger partial charge < -0.3 is 5.32 Å². The zero-order chi connectivity index (χ0) is 11.8. The van der Waals surface area contributed by atoms with Crippen molar-refractivity contribution in [2.24, 2.45) is 0 Å². The van der Waals surface area contributed by atoms with Crippen LogP contribution < -0.4 is 5.32 Å². The Labute approximate surface area is 107 Å². The minimum absolute atomic E-state index is 0.425. The van der Waals surface area contributed by atoms with E-state index in [2.05, 4.69) is 59.0 Å². The lowest BCUT2D eigenvalue weighted by atomic mass is 10.0. The molecule has 88 valence electrons. The fraction of sp³-hybridized carbons (Fsp3) is 0.429. The quantitative estimate of drug-likeness (QED) is 0.728. The molecule has 1 aromatic carbocycles. The van der Waals surface area contributed by atoms with E-state index < -0.39 is 0 Å². The molecule has 0 heterocycles. The Morgan fingerprint density at radius 3 is 2.81 bits per heavy atom. The van der Waals surface area contributed by atoms with Crippen molar-refractivity contribution in [2.45, 2.75) is 32.2 Å². The highest BCUT2D eigenvalue weighted by Gasteiger charge is 2.11. The maximum Gasteiger partial charge on any atom is 0.0334 e. The number of nitrogens with one attached hydrogen (secondary N) is 1. The van der Waals surface area contributed by atoms with Gasteiger partial charge in [-0.05, 0) is 37.4 Å². The number of hydrogen-bond acceptors (Lipinski definition) is 1. The summed E-state index contributed by atoms with van der Waals surface area (Å²) in [6.45, 7) is 7.04. The molecule has 1 nitrogen and oxygen atoms in total. The molecule has 1 N–H and O–H groups in total. The lowest BCUT2D eigenvalue weighted by Crippen LogP contribution is -2.22. The van der Waals surface area contributed by atoms with E-state index in [9.17, 15) is 0 Å². The van der Waals surface area contributed by atoms with Gasteiger partial charge in [-0.25, -0.2) is 0 Å². The second-order valence-corrected chi connectivity index (χ2v) is 4.75. The number of rotatable bonds is 7. The average Bonchev–Trinajstić information content (AvgIpc) is 2.31. The Bertz CT molecular complexity index is 322. The molecular weight excluding hydrogens is 262 g/mol. The van der Waals surface area contributed by atoms with Crippen LogP contribution in [0.4, 0.5) is 0 Å². The largest absolute Gasteiger partial charge is 0.310 e. The first-order valence-corrected chi connectivity index (χ1v) is 6.67. The molecule has 1 aromatic rings. The normalized spacial score (nSPS) is 12.4. The Balaban J connectivity index is 2.74. The summed E-state index contributed by atoms with van der Waals surface area (Å²) in [5, 5.41) is 3.58. The third-order valence-corrected chi connectivity index (χ3v) is 3.30. The second-order valence-electron chi connectivity index (χ2n) is 3.89. The smallest absolute Gasteiger partial charge is 0.0334 e. The van der Waals surface area contributed by atoms with E-state index in [1.807, 2.05) is 6.08 Å². The molecule has 1 unspecified atom stereocenters. The molecule has 1 rings (SSSR count). The third-order valence-electron chi connectivity index (χ3n) is 2.58. The predicted molar refractivity (Wildman–Crippen MR) is 74.6 cm³/mol. The van der Waals surface area contributed by atoms with E-state index in [4.69, 9.17) is 0 Å². The number of hydrogen-bond donors (Lipinski definition) is 1. The zero-order valence-corrected chi connectivity index (χ0v) is 11.5. The van der Waals surface area contributed by atoms with Crippen LogP contribution in [0.15, 0.2) is 41.4 Å². The van der Waals surface area contributed by atoms with Crippen molar-refractivity contribution >= 4 is 15.9 Å². The van der Waals surface area contributed by atoms with E-state index in [-0.39, 0.29) is 0 Å². The topological polar surface area (TPSA) is 12.0 Å². The van der Waals surface area contributed by atoms with Gasteiger partial charge in [0.25, 0.3) is 0 Å². The van der Waals surface area contributed by atoms with E-state index >= 15 is 0 Å². The Morgan fingerprint density at radius 2 is 2.19 bits per heavy atom. The molecular formula is C14H20BrN. The van der Waals surface area contributed by atoms with Crippen LogP contribution in [0.5, 0.6) is 0 Å². The van der Waals surface area contributed by atoms with Gasteiger partial charge in [-0.1, -0.05) is 47.1 Å². The van der Waals surface area contributed by atoms with E-state index in [1.54, 1.807) is 0 Å². The highest BCUT2D eigenvalue weighted by atomic mass is 79.9. The standard InChI is InChI=1S/C14H20BrN/c1-3-5-10-14(16-11-4-2)12-8-6-7-9-13(12)15/h3,6-9,14,16H,1,4-5,10-11H2,2H3. The average molecular weight is 282 g/mol. The zero-order valence-electron chi connectivity index (χ0n) is 9.88. The maximum absolute atomic E-state index is 3.79. The molecule has 16 heavy (non-hydrogen) atoms. The van der Waals surface area contributed by atoms with Crippen LogP contribution in [-0.4, -0.2) is 6.54 Å². The summed E-state index contributed by atoms with van der Waals surface area (Å²) in [5.41, 5.74) is 1.35. The molecule has 0 radical (unpaired) electrons. The Morgan fingerprint density at radius 1 is 1.44 bits per heavy atom. The SMILES string of the molecule is C=CCCC(NCCC)c1ccccc1Br. The number of allylic oxidation sites excluding steroid dienone is 1. The highest BCUT2D eigenvalue weighted by Crippen LogP contribution is 2.26. The first-order valence-electron chi connectivity index (χ1n) is 5.88. The summed E-state index contributed by atoms with van der Waals surface area (Å²) in [6.07, 6.45) is 5.29. The third kappa shape index (κ3) is 4.11. The first-order chi connectivity index (χ1) is 7.79. The van der Waals surface area contributed by atoms with Crippen LogP contribution in [0.3, 0.4) is 0 Å². The highest BCUT2D eigenvalue weighted by molar-refractivity contribution is 9.10. The molecule has 0 aliphatic heterocycles. The predicted octanol–water partition coefficient (Wildman–Crippen LogP) is 4.46. The van der Waals surface area contributed by atoms with Crippen molar-refractivity contribution in [1.82, 2.24) is 5.32 Å². The molecule has 0 amide bonds. The van der Waals surface area contributed by atoms with E-state index in [1.165, 1.54) is 10.0 Å². The fourth-order valence-corrected chi connectivity index (χ4v) is 2.29. The van der Waals surface area contributed by atoms with Crippen molar-refractivity contribution in [3.05, 3.63) is 47.0 Å². The van der Waals surface area contributed by atoms with Crippen LogP contribution in [0.1, 0.15) is 37.8 Å². The number of halogens is 1. The molecule has 0 aliphatic carbocycles. The summed E-state index contributed by atoms with van der Waals surface area (Å²) in [4.78, 5) is 0. The molecule has 2 heteroatoms. The minimum atomic E-state index is 0.425. The molecule has 0 aromatic heterocycles. The summed E-state index contributed by atoms with van der Waals surface area (Å²) in [6, 6.07) is 8.85. The summed E-state index contributed by atoms with van der Waals surface area (Å²) < 4.78 is 1.19.